The Balaban J connectivity index is 1.86. The highest BCUT2D eigenvalue weighted by Gasteiger charge is 2.07. The minimum absolute atomic E-state index is 0.125. The Morgan fingerprint density at radius 2 is 2.21 bits per heavy atom. The highest BCUT2D eigenvalue weighted by Crippen LogP contribution is 2.21. The van der Waals surface area contributed by atoms with Crippen LogP contribution in [0, 0.1) is 0 Å². The lowest BCUT2D eigenvalue weighted by Gasteiger charge is -2.12. The topological polar surface area (TPSA) is 54.0 Å². The first kappa shape index (κ1) is 13.8. The summed E-state index contributed by atoms with van der Waals surface area (Å²) in [6.45, 7) is 4.60. The molecule has 1 aromatic heterocycles. The molecule has 2 rings (SSSR count). The molecule has 2 N–H and O–H groups in total. The molecule has 0 aliphatic carbocycles. The Morgan fingerprint density at radius 1 is 1.42 bits per heavy atom. The molecule has 19 heavy (non-hydrogen) atoms. The number of hydrogen-bond acceptors (Lipinski definition) is 3. The largest absolute Gasteiger partial charge is 0.336 e. The number of nitrogens with zero attached hydrogens (tertiary/aromatic N) is 1. The van der Waals surface area contributed by atoms with Crippen molar-refractivity contribution in [1.82, 2.24) is 15.6 Å². The van der Waals surface area contributed by atoms with E-state index >= 15 is 0 Å². The van der Waals surface area contributed by atoms with E-state index in [1.54, 1.807) is 11.3 Å². The van der Waals surface area contributed by atoms with E-state index in [0.29, 0.717) is 6.54 Å². The van der Waals surface area contributed by atoms with Crippen molar-refractivity contribution < 1.29 is 4.79 Å². The first-order valence-electron chi connectivity index (χ1n) is 6.58. The van der Waals surface area contributed by atoms with E-state index in [4.69, 9.17) is 0 Å². The maximum absolute atomic E-state index is 11.7. The smallest absolute Gasteiger partial charge is 0.315 e. The molecule has 0 aliphatic heterocycles. The van der Waals surface area contributed by atoms with Gasteiger partial charge in [-0.05, 0) is 25.5 Å². The zero-order valence-corrected chi connectivity index (χ0v) is 12.1. The maximum atomic E-state index is 11.7. The van der Waals surface area contributed by atoms with Crippen molar-refractivity contribution >= 4 is 27.6 Å². The highest BCUT2D eigenvalue weighted by molar-refractivity contribution is 7.18. The predicted octanol–water partition coefficient (Wildman–Crippen LogP) is 3.28. The maximum Gasteiger partial charge on any atom is 0.315 e. The number of carbonyl (C=O) groups excluding carboxylic acids is 1. The summed E-state index contributed by atoms with van der Waals surface area (Å²) in [7, 11) is 0. The van der Waals surface area contributed by atoms with Gasteiger partial charge < -0.3 is 10.6 Å². The van der Waals surface area contributed by atoms with Gasteiger partial charge >= 0.3 is 6.03 Å². The van der Waals surface area contributed by atoms with Crippen LogP contribution in [0.25, 0.3) is 10.2 Å². The van der Waals surface area contributed by atoms with Crippen LogP contribution in [-0.2, 0) is 6.54 Å². The molecule has 0 bridgehead atoms. The average Bonchev–Trinajstić information content (AvgIpc) is 2.79. The fourth-order valence-corrected chi connectivity index (χ4v) is 2.84. The van der Waals surface area contributed by atoms with E-state index in [2.05, 4.69) is 22.5 Å². The zero-order chi connectivity index (χ0) is 13.7. The summed E-state index contributed by atoms with van der Waals surface area (Å²) in [6, 6.07) is 8.08. The third-order valence-electron chi connectivity index (χ3n) is 2.84. The number of carbonyl (C=O) groups is 1. The van der Waals surface area contributed by atoms with E-state index < -0.39 is 0 Å². The Hall–Kier alpha value is -1.62. The first-order valence-corrected chi connectivity index (χ1v) is 7.39. The van der Waals surface area contributed by atoms with Gasteiger partial charge in [-0.25, -0.2) is 9.78 Å². The summed E-state index contributed by atoms with van der Waals surface area (Å²) in [6.07, 6.45) is 2.06. The van der Waals surface area contributed by atoms with Crippen molar-refractivity contribution in [3.8, 4) is 0 Å². The summed E-state index contributed by atoms with van der Waals surface area (Å²) in [5, 5.41) is 6.69. The molecule has 0 radical (unpaired) electrons. The van der Waals surface area contributed by atoms with Gasteiger partial charge in [-0.2, -0.15) is 0 Å². The van der Waals surface area contributed by atoms with Crippen LogP contribution in [0.1, 0.15) is 31.7 Å². The lowest BCUT2D eigenvalue weighted by molar-refractivity contribution is 0.236. The highest BCUT2D eigenvalue weighted by atomic mass is 32.1. The number of para-hydroxylation sites is 1. The molecule has 102 valence electrons. The third-order valence-corrected chi connectivity index (χ3v) is 3.87. The number of benzene rings is 1. The van der Waals surface area contributed by atoms with E-state index in [9.17, 15) is 4.79 Å². The van der Waals surface area contributed by atoms with Gasteiger partial charge in [0.25, 0.3) is 0 Å². The molecule has 1 heterocycles. The van der Waals surface area contributed by atoms with E-state index in [1.807, 2.05) is 31.2 Å². The van der Waals surface area contributed by atoms with Gasteiger partial charge in [-0.15, -0.1) is 11.3 Å². The van der Waals surface area contributed by atoms with Crippen LogP contribution in [0.3, 0.4) is 0 Å². The number of thiazole rings is 1. The van der Waals surface area contributed by atoms with Crippen LogP contribution in [0.4, 0.5) is 4.79 Å². The molecular weight excluding hydrogens is 258 g/mol. The van der Waals surface area contributed by atoms with Crippen LogP contribution in [-0.4, -0.2) is 17.1 Å². The molecule has 4 nitrogen and oxygen atoms in total. The molecule has 2 aromatic rings. The van der Waals surface area contributed by atoms with Crippen molar-refractivity contribution in [3.63, 3.8) is 0 Å². The van der Waals surface area contributed by atoms with Crippen molar-refractivity contribution in [2.45, 2.75) is 39.3 Å². The predicted molar refractivity (Wildman–Crippen MR) is 79.4 cm³/mol. The minimum Gasteiger partial charge on any atom is -0.336 e. The number of rotatable bonds is 5. The third kappa shape index (κ3) is 3.92. The molecule has 2 amide bonds. The second-order valence-electron chi connectivity index (χ2n) is 4.59. The van der Waals surface area contributed by atoms with Gasteiger partial charge in [0, 0.05) is 6.04 Å². The first-order chi connectivity index (χ1) is 9.19. The number of aromatic nitrogens is 1. The summed E-state index contributed by atoms with van der Waals surface area (Å²) < 4.78 is 1.15. The molecule has 0 aliphatic rings. The molecule has 0 unspecified atom stereocenters. The summed E-state index contributed by atoms with van der Waals surface area (Å²) in [5.74, 6) is 0. The standard InChI is InChI=1S/C14H19N3OS/c1-3-6-10(2)16-14(18)15-9-13-17-11-7-4-5-8-12(11)19-13/h4-5,7-8,10H,3,6,9H2,1-2H3,(H2,15,16,18)/t10-/m1/s1. The van der Waals surface area contributed by atoms with E-state index in [-0.39, 0.29) is 12.1 Å². The summed E-state index contributed by atoms with van der Waals surface area (Å²) >= 11 is 1.61. The SMILES string of the molecule is CCC[C@@H](C)NC(=O)NCc1nc2ccccc2s1. The zero-order valence-electron chi connectivity index (χ0n) is 11.3. The van der Waals surface area contributed by atoms with Gasteiger partial charge in [0.1, 0.15) is 5.01 Å². The van der Waals surface area contributed by atoms with Crippen LogP contribution >= 0.6 is 11.3 Å². The van der Waals surface area contributed by atoms with Crippen molar-refractivity contribution in [2.75, 3.05) is 0 Å². The molecule has 1 atom stereocenters. The van der Waals surface area contributed by atoms with E-state index in [1.165, 1.54) is 0 Å². The second-order valence-corrected chi connectivity index (χ2v) is 5.71. The fraction of sp³-hybridized carbons (Fsp3) is 0.429. The molecule has 0 saturated heterocycles. The lowest BCUT2D eigenvalue weighted by Crippen LogP contribution is -2.40. The fourth-order valence-electron chi connectivity index (χ4n) is 1.93. The van der Waals surface area contributed by atoms with Crippen LogP contribution in [0.5, 0.6) is 0 Å². The number of nitrogens with one attached hydrogen (secondary N) is 2. The van der Waals surface area contributed by atoms with Gasteiger partial charge in [0.15, 0.2) is 0 Å². The molecular formula is C14H19N3OS. The molecule has 0 fully saturated rings. The summed E-state index contributed by atoms with van der Waals surface area (Å²) in [4.78, 5) is 16.1. The average molecular weight is 277 g/mol. The molecule has 0 saturated carbocycles. The molecule has 1 aromatic carbocycles. The van der Waals surface area contributed by atoms with Gasteiger partial charge in [0.2, 0.25) is 0 Å². The summed E-state index contributed by atoms with van der Waals surface area (Å²) in [5.41, 5.74) is 0.990. The Labute approximate surface area is 117 Å². The number of fused-ring (bicyclic) bond motifs is 1. The van der Waals surface area contributed by atoms with Crippen molar-refractivity contribution in [3.05, 3.63) is 29.3 Å². The van der Waals surface area contributed by atoms with Crippen LogP contribution in [0.15, 0.2) is 24.3 Å². The Morgan fingerprint density at radius 3 is 2.95 bits per heavy atom. The van der Waals surface area contributed by atoms with Gasteiger partial charge in [0.05, 0.1) is 16.8 Å². The number of urea groups is 1. The van der Waals surface area contributed by atoms with Gasteiger partial charge in [-0.1, -0.05) is 25.5 Å². The van der Waals surface area contributed by atoms with Gasteiger partial charge in [-0.3, -0.25) is 0 Å². The lowest BCUT2D eigenvalue weighted by atomic mass is 10.2. The molecule has 5 heteroatoms. The van der Waals surface area contributed by atoms with Crippen LogP contribution in [0.2, 0.25) is 0 Å². The normalized spacial score (nSPS) is 12.3. The monoisotopic (exact) mass is 277 g/mol. The van der Waals surface area contributed by atoms with Crippen molar-refractivity contribution in [1.29, 1.82) is 0 Å². The van der Waals surface area contributed by atoms with Crippen molar-refractivity contribution in [2.24, 2.45) is 0 Å². The van der Waals surface area contributed by atoms with E-state index in [0.717, 1.165) is 28.1 Å². The minimum atomic E-state index is -0.125. The van der Waals surface area contributed by atoms with Crippen LogP contribution < -0.4 is 10.6 Å². The Kier molecular flexibility index (Phi) is 4.74. The quantitative estimate of drug-likeness (QED) is 0.881. The number of amides is 2. The Bertz CT molecular complexity index is 519. The number of hydrogen-bond donors (Lipinski definition) is 2. The molecule has 0 spiro atoms. The second kappa shape index (κ2) is 6.52.